The summed E-state index contributed by atoms with van der Waals surface area (Å²) < 4.78 is 0. The lowest BCUT2D eigenvalue weighted by molar-refractivity contribution is 1.18. The predicted molar refractivity (Wildman–Crippen MR) is 172 cm³/mol. The zero-order valence-corrected chi connectivity index (χ0v) is 26.1. The maximum Gasteiger partial charge on any atom is 0.0185 e. The Labute approximate surface area is 253 Å². The van der Waals surface area contributed by atoms with Crippen molar-refractivity contribution in [2.24, 2.45) is 0 Å². The van der Waals surface area contributed by atoms with Crippen molar-refractivity contribution in [2.45, 2.75) is 58.7 Å². The Kier molecular flexibility index (Phi) is 11.7. The van der Waals surface area contributed by atoms with Crippen molar-refractivity contribution in [3.05, 3.63) is 72.8 Å². The molecule has 0 radical (unpaired) electrons. The highest BCUT2D eigenvalue weighted by Gasteiger charge is 2.04. The molecule has 0 atom stereocenters. The Hall–Kier alpha value is 0.380. The molecule has 4 rings (SSSR count). The fraction of sp³-hybridized carbons (Fsp3) is 0. The molecule has 176 valence electrons. The molecule has 0 amide bonds. The zero-order valence-electron chi connectivity index (χ0n) is 17.3. The summed E-state index contributed by atoms with van der Waals surface area (Å²) in [4.78, 5) is 11.6. The molecule has 10 heteroatoms. The van der Waals surface area contributed by atoms with Gasteiger partial charge in [0.1, 0.15) is 0 Å². The number of hydrogen-bond acceptors (Lipinski definition) is 10. The van der Waals surface area contributed by atoms with Gasteiger partial charge in [0, 0.05) is 58.7 Å². The third-order valence-corrected chi connectivity index (χ3v) is 9.96. The molecule has 0 nitrogen and oxygen atoms in total. The van der Waals surface area contributed by atoms with Crippen molar-refractivity contribution in [1.82, 2.24) is 0 Å². The average Bonchev–Trinajstić information content (AvgIpc) is 2.79. The summed E-state index contributed by atoms with van der Waals surface area (Å²) in [5.74, 6) is 0. The normalized spacial score (nSPS) is 10.6. The highest BCUT2D eigenvalue weighted by Crippen LogP contribution is 2.35. The second kappa shape index (κ2) is 13.8. The van der Waals surface area contributed by atoms with E-state index in [-0.39, 0.29) is 0 Å². The van der Waals surface area contributed by atoms with Crippen LogP contribution in [0.1, 0.15) is 0 Å². The summed E-state index contributed by atoms with van der Waals surface area (Å²) in [7, 11) is 0. The van der Waals surface area contributed by atoms with Crippen LogP contribution in [-0.2, 0) is 0 Å². The summed E-state index contributed by atoms with van der Waals surface area (Å²) in [6, 6.07) is 23.9. The van der Waals surface area contributed by atoms with Gasteiger partial charge in [0.25, 0.3) is 0 Å². The Morgan fingerprint density at radius 3 is 0.676 bits per heavy atom. The Morgan fingerprint density at radius 1 is 0.294 bits per heavy atom. The number of rotatable bonds is 4. The van der Waals surface area contributed by atoms with Gasteiger partial charge in [-0.1, -0.05) is 23.5 Å². The molecule has 34 heavy (non-hydrogen) atoms. The van der Waals surface area contributed by atoms with Crippen LogP contribution in [0.5, 0.6) is 0 Å². The third kappa shape index (κ3) is 8.75. The Morgan fingerprint density at radius 2 is 0.500 bits per heavy atom. The van der Waals surface area contributed by atoms with E-state index in [1.807, 2.05) is 72.8 Å². The van der Waals surface area contributed by atoms with Crippen LogP contribution in [0, 0.1) is 0 Å². The SMILES string of the molecule is Sc1ccc(Sc2ccc(S)c(S)c2)cc1S.Sc1ccc(Sc2ccc(S)c(S)c2)cc1S. The van der Waals surface area contributed by atoms with Crippen molar-refractivity contribution in [1.29, 1.82) is 0 Å². The lowest BCUT2D eigenvalue weighted by Gasteiger charge is -2.06. The van der Waals surface area contributed by atoms with Gasteiger partial charge in [-0.05, 0) is 72.8 Å². The number of thiol groups is 8. The minimum atomic E-state index is 0.884. The summed E-state index contributed by atoms with van der Waals surface area (Å²) in [5.41, 5.74) is 0. The van der Waals surface area contributed by atoms with Crippen LogP contribution in [-0.4, -0.2) is 0 Å². The van der Waals surface area contributed by atoms with Crippen LogP contribution < -0.4 is 0 Å². The molecule has 0 aliphatic heterocycles. The molecule has 0 heterocycles. The van der Waals surface area contributed by atoms with Crippen molar-refractivity contribution < 1.29 is 0 Å². The van der Waals surface area contributed by atoms with E-state index < -0.39 is 0 Å². The summed E-state index contributed by atoms with van der Waals surface area (Å²) in [6.07, 6.45) is 0. The number of benzene rings is 4. The van der Waals surface area contributed by atoms with E-state index in [1.54, 1.807) is 23.5 Å². The molecule has 0 bridgehead atoms. The van der Waals surface area contributed by atoms with Crippen LogP contribution >= 0.6 is 125 Å². The van der Waals surface area contributed by atoms with Crippen LogP contribution in [0.2, 0.25) is 0 Å². The molecule has 4 aromatic carbocycles. The van der Waals surface area contributed by atoms with Gasteiger partial charge < -0.3 is 0 Å². The lowest BCUT2D eigenvalue weighted by atomic mass is 10.3. The van der Waals surface area contributed by atoms with E-state index in [9.17, 15) is 0 Å². The average molecular weight is 629 g/mol. The van der Waals surface area contributed by atoms with Crippen LogP contribution in [0.4, 0.5) is 0 Å². The maximum atomic E-state index is 4.35. The van der Waals surface area contributed by atoms with E-state index in [4.69, 9.17) is 0 Å². The summed E-state index contributed by atoms with van der Waals surface area (Å²) in [6.45, 7) is 0. The summed E-state index contributed by atoms with van der Waals surface area (Å²) in [5, 5.41) is 0. The van der Waals surface area contributed by atoms with E-state index >= 15 is 0 Å². The van der Waals surface area contributed by atoms with Gasteiger partial charge in [0.2, 0.25) is 0 Å². The van der Waals surface area contributed by atoms with Gasteiger partial charge in [0.05, 0.1) is 0 Å². The van der Waals surface area contributed by atoms with E-state index in [1.165, 1.54) is 0 Å². The van der Waals surface area contributed by atoms with Crippen molar-refractivity contribution in [2.75, 3.05) is 0 Å². The molecule has 0 spiro atoms. The molecule has 0 fully saturated rings. The van der Waals surface area contributed by atoms with Gasteiger partial charge in [-0.15, -0.1) is 101 Å². The zero-order chi connectivity index (χ0) is 24.8. The van der Waals surface area contributed by atoms with Crippen molar-refractivity contribution in [3.63, 3.8) is 0 Å². The van der Waals surface area contributed by atoms with Crippen LogP contribution in [0.15, 0.2) is 132 Å². The first-order valence-electron chi connectivity index (χ1n) is 9.56. The molecule has 0 aliphatic rings. The van der Waals surface area contributed by atoms with E-state index in [2.05, 4.69) is 101 Å². The molecule has 0 aliphatic carbocycles. The molecular formula is C24H20S10. The van der Waals surface area contributed by atoms with Gasteiger partial charge in [-0.2, -0.15) is 0 Å². The Balaban J connectivity index is 0.000000191. The van der Waals surface area contributed by atoms with Gasteiger partial charge in [-0.25, -0.2) is 0 Å². The first-order chi connectivity index (χ1) is 16.1. The molecule has 0 saturated heterocycles. The molecule has 0 unspecified atom stereocenters. The van der Waals surface area contributed by atoms with E-state index in [0.717, 1.165) is 58.7 Å². The van der Waals surface area contributed by atoms with Gasteiger partial charge >= 0.3 is 0 Å². The minimum Gasteiger partial charge on any atom is -0.142 e. The van der Waals surface area contributed by atoms with Crippen LogP contribution in [0.3, 0.4) is 0 Å². The second-order valence-electron chi connectivity index (χ2n) is 6.81. The Bertz CT molecular complexity index is 1100. The maximum absolute atomic E-state index is 4.35. The summed E-state index contributed by atoms with van der Waals surface area (Å²) >= 11 is 37.9. The molecule has 4 aromatic rings. The largest absolute Gasteiger partial charge is 0.142 e. The fourth-order valence-electron chi connectivity index (χ4n) is 2.54. The second-order valence-corrected chi connectivity index (χ2v) is 13.0. The molecular weight excluding hydrogens is 609 g/mol. The van der Waals surface area contributed by atoms with Crippen molar-refractivity contribution >= 4 is 125 Å². The number of hydrogen-bond donors (Lipinski definition) is 8. The quantitative estimate of drug-likeness (QED) is 0.106. The van der Waals surface area contributed by atoms with Gasteiger partial charge in [-0.3, -0.25) is 0 Å². The highest BCUT2D eigenvalue weighted by molar-refractivity contribution is 7.99. The highest BCUT2D eigenvalue weighted by atomic mass is 32.2. The van der Waals surface area contributed by atoms with Gasteiger partial charge in [0.15, 0.2) is 0 Å². The van der Waals surface area contributed by atoms with Crippen LogP contribution in [0.25, 0.3) is 0 Å². The third-order valence-electron chi connectivity index (χ3n) is 4.26. The van der Waals surface area contributed by atoms with Crippen molar-refractivity contribution in [3.8, 4) is 0 Å². The minimum absolute atomic E-state index is 0.884. The molecule has 0 aromatic heterocycles. The fourth-order valence-corrected chi connectivity index (χ4v) is 6.10. The van der Waals surface area contributed by atoms with E-state index in [0.29, 0.717) is 0 Å². The first kappa shape index (κ1) is 28.9. The first-order valence-corrected chi connectivity index (χ1v) is 14.8. The standard InChI is InChI=1S/2C12H10S5/c2*13-9-3-1-7(5-11(9)15)17-8-2-4-10(14)12(16)6-8/h2*1-6,13-16H. The molecule has 0 N–H and O–H groups in total. The molecule has 0 saturated carbocycles. The lowest BCUT2D eigenvalue weighted by Crippen LogP contribution is -1.78. The topological polar surface area (TPSA) is 0 Å². The predicted octanol–water partition coefficient (Wildman–Crippen LogP) is 9.99. The monoisotopic (exact) mass is 628 g/mol. The smallest absolute Gasteiger partial charge is 0.0185 e.